The molecule has 4 aromatic heterocycles. The van der Waals surface area contributed by atoms with Crippen molar-refractivity contribution in [3.63, 3.8) is 0 Å². The van der Waals surface area contributed by atoms with Crippen LogP contribution >= 0.6 is 19.4 Å². The first-order valence-corrected chi connectivity index (χ1v) is 14.7. The number of carboxylic acids is 4. The fourth-order valence-electron chi connectivity index (χ4n) is 2.81. The molecule has 4 rings (SSSR count). The Morgan fingerprint density at radius 2 is 0.667 bits per heavy atom. The van der Waals surface area contributed by atoms with Crippen LogP contribution in [0.25, 0.3) is 22.8 Å². The third kappa shape index (κ3) is 9.49. The van der Waals surface area contributed by atoms with Crippen molar-refractivity contribution in [2.75, 3.05) is 0 Å². The van der Waals surface area contributed by atoms with E-state index in [9.17, 15) is 19.2 Å². The predicted octanol–water partition coefficient (Wildman–Crippen LogP) is 4.46. The van der Waals surface area contributed by atoms with Gasteiger partial charge in [-0.25, -0.2) is 19.2 Å². The number of aromatic nitrogens is 4. The molecule has 39 heavy (non-hydrogen) atoms. The molecule has 4 heterocycles. The Kier molecular flexibility index (Phi) is 12.0. The summed E-state index contributed by atoms with van der Waals surface area (Å²) in [4.78, 5) is 59.2. The van der Waals surface area contributed by atoms with Gasteiger partial charge in [0.2, 0.25) is 0 Å². The molecule has 0 aliphatic rings. The zero-order valence-electron chi connectivity index (χ0n) is 19.2. The second-order valence-electron chi connectivity index (χ2n) is 6.99. The molecule has 0 spiro atoms. The van der Waals surface area contributed by atoms with Gasteiger partial charge in [0.15, 0.2) is 0 Å². The summed E-state index contributed by atoms with van der Waals surface area (Å²) in [5.41, 5.74) is 1.56. The van der Waals surface area contributed by atoms with Gasteiger partial charge >= 0.3 is 58.4 Å². The number of carboxylic acid groups (broad SMARTS) is 4. The fourth-order valence-corrected chi connectivity index (χ4v) is 2.81. The Hall–Kier alpha value is -4.32. The first-order valence-electron chi connectivity index (χ1n) is 10.2. The van der Waals surface area contributed by atoms with E-state index in [1.165, 1.54) is 73.3 Å². The molecule has 4 aromatic rings. The number of hydrogen-bond acceptors (Lipinski definition) is 8. The van der Waals surface area contributed by atoms with Crippen LogP contribution in [0.2, 0.25) is 0 Å². The Labute approximate surface area is 235 Å². The minimum absolute atomic E-state index is 0.0718. The second kappa shape index (κ2) is 15.2. The third-order valence-corrected chi connectivity index (χ3v) is 4.55. The number of aromatic carboxylic acids is 4. The van der Waals surface area contributed by atoms with Gasteiger partial charge in [-0.2, -0.15) is 0 Å². The molecule has 4 N–H and O–H groups in total. The van der Waals surface area contributed by atoms with Crippen LogP contribution in [0.4, 0.5) is 0 Å². The topological polar surface area (TPSA) is 201 Å². The first kappa shape index (κ1) is 30.9. The van der Waals surface area contributed by atoms with Gasteiger partial charge in [0.25, 0.3) is 0 Å². The summed E-state index contributed by atoms with van der Waals surface area (Å²) < 4.78 is 0. The number of halogens is 2. The molecule has 0 aliphatic carbocycles. The fraction of sp³-hybridized carbons (Fsp3) is 0. The van der Waals surface area contributed by atoms with Crippen LogP contribution in [0, 0.1) is 0 Å². The molecule has 0 aliphatic heterocycles. The van der Waals surface area contributed by atoms with Gasteiger partial charge in [0, 0.05) is 24.8 Å². The van der Waals surface area contributed by atoms with Gasteiger partial charge in [-0.1, -0.05) is 0 Å². The molecule has 0 atom stereocenters. The van der Waals surface area contributed by atoms with E-state index in [1.807, 2.05) is 0 Å². The van der Waals surface area contributed by atoms with E-state index in [0.29, 0.717) is 22.8 Å². The molecule has 0 radical (unpaired) electrons. The van der Waals surface area contributed by atoms with Crippen molar-refractivity contribution in [1.29, 1.82) is 0 Å². The number of nitrogens with zero attached hydrogens (tertiary/aromatic N) is 4. The Morgan fingerprint density at radius 1 is 0.487 bits per heavy atom. The van der Waals surface area contributed by atoms with Gasteiger partial charge < -0.3 is 20.4 Å². The van der Waals surface area contributed by atoms with Crippen LogP contribution in [0.5, 0.6) is 0 Å². The minimum atomic E-state index is -1.08. The molecule has 0 amide bonds. The monoisotopic (exact) mass is 660 g/mol. The summed E-state index contributed by atoms with van der Waals surface area (Å²) in [6, 6.07) is 10.8. The Balaban J connectivity index is 0.000000249. The molecule has 202 valence electrons. The molecule has 0 aromatic carbocycles. The maximum atomic E-state index is 10.8. The van der Waals surface area contributed by atoms with Gasteiger partial charge in [-0.05, 0) is 48.5 Å². The quantitative estimate of drug-likeness (QED) is 0.212. The molecule has 0 saturated heterocycles. The summed E-state index contributed by atoms with van der Waals surface area (Å²) in [6.07, 6.45) is 5.36. The van der Waals surface area contributed by atoms with Crippen molar-refractivity contribution in [1.82, 2.24) is 19.9 Å². The Morgan fingerprint density at radius 3 is 0.821 bits per heavy atom. The van der Waals surface area contributed by atoms with Crippen molar-refractivity contribution >= 4 is 43.3 Å². The number of pyridine rings is 4. The molecule has 0 fully saturated rings. The van der Waals surface area contributed by atoms with Crippen LogP contribution in [-0.2, 0) is 15.1 Å². The normalized spacial score (nSPS) is 9.79. The number of rotatable bonds is 6. The second-order valence-corrected chi connectivity index (χ2v) is 9.63. The van der Waals surface area contributed by atoms with Gasteiger partial charge in [-0.15, -0.1) is 0 Å². The van der Waals surface area contributed by atoms with Crippen molar-refractivity contribution in [2.45, 2.75) is 0 Å². The summed E-state index contributed by atoms with van der Waals surface area (Å²) in [7, 11) is 9.71. The molecular formula is C24H16Cl2N4O8Ru. The van der Waals surface area contributed by atoms with E-state index >= 15 is 0 Å². The molecular weight excluding hydrogens is 644 g/mol. The van der Waals surface area contributed by atoms with Crippen LogP contribution in [0.1, 0.15) is 41.4 Å². The van der Waals surface area contributed by atoms with E-state index in [-0.39, 0.29) is 37.4 Å². The summed E-state index contributed by atoms with van der Waals surface area (Å²) >= 11 is -0.346. The zero-order chi connectivity index (χ0) is 28.9. The van der Waals surface area contributed by atoms with Gasteiger partial charge in [0.05, 0.1) is 45.0 Å². The van der Waals surface area contributed by atoms with E-state index < -0.39 is 23.9 Å². The standard InChI is InChI=1S/2C12H8N2O4.2ClH.Ru/c2*15-11(16)7-1-3-13-9(5-7)10-6-8(12(17)18)2-4-14-10;;;/h2*1-6H,(H,15,16)(H,17,18);2*1H;/q;;;;+2/p-2. The molecule has 0 saturated carbocycles. The number of hydrogen-bond donors (Lipinski definition) is 4. The molecule has 0 bridgehead atoms. The van der Waals surface area contributed by atoms with Gasteiger partial charge in [0.1, 0.15) is 0 Å². The number of carbonyl (C=O) groups is 4. The average Bonchev–Trinajstić information content (AvgIpc) is 2.94. The van der Waals surface area contributed by atoms with Gasteiger partial charge in [-0.3, -0.25) is 19.9 Å². The van der Waals surface area contributed by atoms with Crippen LogP contribution in [0.3, 0.4) is 0 Å². The third-order valence-electron chi connectivity index (χ3n) is 4.55. The van der Waals surface area contributed by atoms with Crippen LogP contribution in [0.15, 0.2) is 73.3 Å². The van der Waals surface area contributed by atoms with E-state index in [4.69, 9.17) is 39.8 Å². The SMILES string of the molecule is O=C(O)c1ccnc(-c2cc(C(=O)O)ccn2)c1.O=C(O)c1ccnc(-c2cc(C(=O)O)ccn2)c1.[Cl][Ru][Cl]. The van der Waals surface area contributed by atoms with Crippen molar-refractivity contribution in [3.8, 4) is 22.8 Å². The van der Waals surface area contributed by atoms with Crippen LogP contribution < -0.4 is 0 Å². The van der Waals surface area contributed by atoms with E-state index in [0.717, 1.165) is 0 Å². The van der Waals surface area contributed by atoms with Crippen LogP contribution in [-0.4, -0.2) is 64.2 Å². The first-order chi connectivity index (χ1) is 18.6. The van der Waals surface area contributed by atoms with E-state index in [1.54, 1.807) is 0 Å². The summed E-state index contributed by atoms with van der Waals surface area (Å²) in [6.45, 7) is 0. The summed E-state index contributed by atoms with van der Waals surface area (Å²) in [5, 5.41) is 35.4. The molecule has 0 unspecified atom stereocenters. The average molecular weight is 660 g/mol. The van der Waals surface area contributed by atoms with Crippen molar-refractivity contribution < 1.29 is 54.7 Å². The zero-order valence-corrected chi connectivity index (χ0v) is 22.5. The molecule has 15 heteroatoms. The molecule has 12 nitrogen and oxygen atoms in total. The Bertz CT molecular complexity index is 1280. The summed E-state index contributed by atoms with van der Waals surface area (Å²) in [5.74, 6) is -4.30. The maximum absolute atomic E-state index is 10.8. The van der Waals surface area contributed by atoms with Crippen molar-refractivity contribution in [2.24, 2.45) is 0 Å². The van der Waals surface area contributed by atoms with E-state index in [2.05, 4.69) is 19.9 Å². The van der Waals surface area contributed by atoms with Crippen molar-refractivity contribution in [3.05, 3.63) is 95.6 Å². The predicted molar refractivity (Wildman–Crippen MR) is 134 cm³/mol.